The van der Waals surface area contributed by atoms with Gasteiger partial charge in [0.25, 0.3) is 0 Å². The molecule has 17 heavy (non-hydrogen) atoms. The first kappa shape index (κ1) is 12.7. The zero-order valence-electron chi connectivity index (χ0n) is 11.0. The fourth-order valence-corrected chi connectivity index (χ4v) is 2.44. The van der Waals surface area contributed by atoms with Crippen molar-refractivity contribution < 1.29 is 4.42 Å². The molecule has 0 aromatic carbocycles. The van der Waals surface area contributed by atoms with Gasteiger partial charge in [-0.3, -0.25) is 4.90 Å². The van der Waals surface area contributed by atoms with E-state index in [1.54, 1.807) is 6.26 Å². The van der Waals surface area contributed by atoms with Crippen LogP contribution in [-0.4, -0.2) is 31.1 Å². The molecule has 3 nitrogen and oxygen atoms in total. The Morgan fingerprint density at radius 2 is 2.41 bits per heavy atom. The number of rotatable bonds is 6. The first-order valence-corrected chi connectivity index (χ1v) is 6.68. The highest BCUT2D eigenvalue weighted by Crippen LogP contribution is 2.18. The maximum absolute atomic E-state index is 5.10. The predicted octanol–water partition coefficient (Wildman–Crippen LogP) is 2.35. The molecule has 1 aliphatic rings. The molecule has 0 aliphatic carbocycles. The van der Waals surface area contributed by atoms with Crippen molar-refractivity contribution >= 4 is 0 Å². The van der Waals surface area contributed by atoms with Crippen molar-refractivity contribution in [2.75, 3.05) is 26.2 Å². The monoisotopic (exact) mass is 236 g/mol. The molecule has 0 spiro atoms. The number of nitrogens with one attached hydrogen (secondary N) is 1. The molecule has 1 fully saturated rings. The largest absolute Gasteiger partial charge is 0.472 e. The predicted molar refractivity (Wildman–Crippen MR) is 69.8 cm³/mol. The first-order valence-electron chi connectivity index (χ1n) is 6.68. The zero-order chi connectivity index (χ0) is 12.1. The van der Waals surface area contributed by atoms with E-state index in [-0.39, 0.29) is 0 Å². The van der Waals surface area contributed by atoms with Crippen LogP contribution in [0.5, 0.6) is 0 Å². The van der Waals surface area contributed by atoms with Crippen LogP contribution in [0.3, 0.4) is 0 Å². The van der Waals surface area contributed by atoms with Crippen molar-refractivity contribution in [3.63, 3.8) is 0 Å². The molecule has 1 unspecified atom stereocenters. The lowest BCUT2D eigenvalue weighted by atomic mass is 10.1. The number of hydrogen-bond acceptors (Lipinski definition) is 3. The minimum atomic E-state index is 0.749. The number of furan rings is 1. The van der Waals surface area contributed by atoms with Crippen LogP contribution in [0.2, 0.25) is 0 Å². The highest BCUT2D eigenvalue weighted by molar-refractivity contribution is 5.05. The summed E-state index contributed by atoms with van der Waals surface area (Å²) in [7, 11) is 0. The van der Waals surface area contributed by atoms with Crippen LogP contribution in [0.15, 0.2) is 23.0 Å². The third-order valence-electron chi connectivity index (χ3n) is 3.34. The lowest BCUT2D eigenvalue weighted by molar-refractivity contribution is 0.312. The standard InChI is InChI=1S/C14H24N2O/c1-12(2)7-15-8-13-3-5-16(9-13)10-14-4-6-17-11-14/h4,6,11-13,15H,3,5,7-10H2,1-2H3. The van der Waals surface area contributed by atoms with Crippen LogP contribution in [0, 0.1) is 11.8 Å². The topological polar surface area (TPSA) is 28.4 Å². The molecule has 1 N–H and O–H groups in total. The van der Waals surface area contributed by atoms with Crippen LogP contribution < -0.4 is 5.32 Å². The Kier molecular flexibility index (Phi) is 4.63. The van der Waals surface area contributed by atoms with Gasteiger partial charge in [0.1, 0.15) is 0 Å². The van der Waals surface area contributed by atoms with Gasteiger partial charge in [-0.25, -0.2) is 0 Å². The minimum absolute atomic E-state index is 0.749. The zero-order valence-corrected chi connectivity index (χ0v) is 11.0. The molecule has 1 aliphatic heterocycles. The molecule has 0 radical (unpaired) electrons. The molecule has 1 aromatic heterocycles. The highest BCUT2D eigenvalue weighted by Gasteiger charge is 2.22. The van der Waals surface area contributed by atoms with Gasteiger partial charge in [-0.05, 0) is 44.0 Å². The molecule has 0 saturated carbocycles. The van der Waals surface area contributed by atoms with Crippen molar-refractivity contribution in [2.24, 2.45) is 11.8 Å². The Labute approximate surface area is 104 Å². The summed E-state index contributed by atoms with van der Waals surface area (Å²) in [6, 6.07) is 2.06. The van der Waals surface area contributed by atoms with E-state index in [0.29, 0.717) is 0 Å². The highest BCUT2D eigenvalue weighted by atomic mass is 16.3. The van der Waals surface area contributed by atoms with Gasteiger partial charge in [0.2, 0.25) is 0 Å². The second-order valence-electron chi connectivity index (χ2n) is 5.57. The normalized spacial score (nSPS) is 21.5. The van der Waals surface area contributed by atoms with Gasteiger partial charge in [0.15, 0.2) is 0 Å². The van der Waals surface area contributed by atoms with Crippen LogP contribution >= 0.6 is 0 Å². The van der Waals surface area contributed by atoms with Crippen LogP contribution in [0.4, 0.5) is 0 Å². The van der Waals surface area contributed by atoms with E-state index in [0.717, 1.165) is 24.9 Å². The van der Waals surface area contributed by atoms with E-state index in [4.69, 9.17) is 4.42 Å². The molecule has 0 bridgehead atoms. The second-order valence-corrected chi connectivity index (χ2v) is 5.57. The molecule has 1 atom stereocenters. The Bertz CT molecular complexity index is 308. The van der Waals surface area contributed by atoms with Crippen LogP contribution in [0.25, 0.3) is 0 Å². The van der Waals surface area contributed by atoms with Crippen molar-refractivity contribution in [1.29, 1.82) is 0 Å². The molecule has 2 heterocycles. The quantitative estimate of drug-likeness (QED) is 0.822. The summed E-state index contributed by atoms with van der Waals surface area (Å²) in [6.07, 6.45) is 4.93. The van der Waals surface area contributed by atoms with Crippen LogP contribution in [0.1, 0.15) is 25.8 Å². The SMILES string of the molecule is CC(C)CNCC1CCN(Cc2ccoc2)C1. The second kappa shape index (κ2) is 6.22. The van der Waals surface area contributed by atoms with Gasteiger partial charge in [-0.1, -0.05) is 13.8 Å². The van der Waals surface area contributed by atoms with Gasteiger partial charge in [0.05, 0.1) is 12.5 Å². The van der Waals surface area contributed by atoms with Gasteiger partial charge in [-0.2, -0.15) is 0 Å². The third-order valence-corrected chi connectivity index (χ3v) is 3.34. The van der Waals surface area contributed by atoms with Crippen molar-refractivity contribution in [1.82, 2.24) is 10.2 Å². The van der Waals surface area contributed by atoms with E-state index in [1.165, 1.54) is 31.6 Å². The Morgan fingerprint density at radius 1 is 1.53 bits per heavy atom. The molecular weight excluding hydrogens is 212 g/mol. The summed E-state index contributed by atoms with van der Waals surface area (Å²) in [5, 5.41) is 3.56. The summed E-state index contributed by atoms with van der Waals surface area (Å²) in [4.78, 5) is 2.52. The average molecular weight is 236 g/mol. The molecule has 2 rings (SSSR count). The number of likely N-dealkylation sites (tertiary alicyclic amines) is 1. The van der Waals surface area contributed by atoms with Crippen LogP contribution in [-0.2, 0) is 6.54 Å². The Balaban J connectivity index is 1.65. The number of nitrogens with zero attached hydrogens (tertiary/aromatic N) is 1. The fourth-order valence-electron chi connectivity index (χ4n) is 2.44. The summed E-state index contributed by atoms with van der Waals surface area (Å²) in [5.74, 6) is 1.57. The Morgan fingerprint density at radius 3 is 3.12 bits per heavy atom. The summed E-state index contributed by atoms with van der Waals surface area (Å²) in [6.45, 7) is 10.3. The maximum Gasteiger partial charge on any atom is 0.0947 e. The first-order chi connectivity index (χ1) is 8.24. The smallest absolute Gasteiger partial charge is 0.0947 e. The van der Waals surface area contributed by atoms with E-state index in [1.807, 2.05) is 6.26 Å². The number of hydrogen-bond donors (Lipinski definition) is 1. The molecule has 1 aromatic rings. The minimum Gasteiger partial charge on any atom is -0.472 e. The van der Waals surface area contributed by atoms with Crippen molar-refractivity contribution in [2.45, 2.75) is 26.8 Å². The Hall–Kier alpha value is -0.800. The van der Waals surface area contributed by atoms with E-state index in [9.17, 15) is 0 Å². The van der Waals surface area contributed by atoms with Gasteiger partial charge in [-0.15, -0.1) is 0 Å². The average Bonchev–Trinajstić information content (AvgIpc) is 2.90. The molecule has 96 valence electrons. The summed E-state index contributed by atoms with van der Waals surface area (Å²) < 4.78 is 5.10. The molecular formula is C14H24N2O. The van der Waals surface area contributed by atoms with Gasteiger partial charge in [0, 0.05) is 18.7 Å². The molecule has 1 saturated heterocycles. The van der Waals surface area contributed by atoms with Crippen molar-refractivity contribution in [3.8, 4) is 0 Å². The molecule has 0 amide bonds. The van der Waals surface area contributed by atoms with Crippen molar-refractivity contribution in [3.05, 3.63) is 24.2 Å². The summed E-state index contributed by atoms with van der Waals surface area (Å²) in [5.41, 5.74) is 1.29. The summed E-state index contributed by atoms with van der Waals surface area (Å²) >= 11 is 0. The lowest BCUT2D eigenvalue weighted by Gasteiger charge is -2.15. The van der Waals surface area contributed by atoms with Gasteiger partial charge >= 0.3 is 0 Å². The third kappa shape index (κ3) is 4.17. The lowest BCUT2D eigenvalue weighted by Crippen LogP contribution is -2.28. The fraction of sp³-hybridized carbons (Fsp3) is 0.714. The molecule has 3 heteroatoms. The van der Waals surface area contributed by atoms with E-state index in [2.05, 4.69) is 30.1 Å². The maximum atomic E-state index is 5.10. The van der Waals surface area contributed by atoms with E-state index < -0.39 is 0 Å². The van der Waals surface area contributed by atoms with Gasteiger partial charge < -0.3 is 9.73 Å². The van der Waals surface area contributed by atoms with E-state index >= 15 is 0 Å².